The molecule has 0 aliphatic carbocycles. The number of anilines is 1. The third-order valence-electron chi connectivity index (χ3n) is 4.79. The lowest BCUT2D eigenvalue weighted by Gasteiger charge is -2.12. The number of amides is 3. The number of fused-ring (bicyclic) bond motifs is 1. The maximum absolute atomic E-state index is 12.8. The van der Waals surface area contributed by atoms with Crippen molar-refractivity contribution in [3.63, 3.8) is 0 Å². The number of rotatable bonds is 4. The van der Waals surface area contributed by atoms with Crippen LogP contribution in [0, 0.1) is 6.92 Å². The molecule has 0 saturated carbocycles. The molecule has 27 heavy (non-hydrogen) atoms. The lowest BCUT2D eigenvalue weighted by Crippen LogP contribution is -2.32. The van der Waals surface area contributed by atoms with Gasteiger partial charge in [-0.3, -0.25) is 14.4 Å². The fourth-order valence-electron chi connectivity index (χ4n) is 3.35. The van der Waals surface area contributed by atoms with Crippen molar-refractivity contribution in [2.24, 2.45) is 0 Å². The van der Waals surface area contributed by atoms with Gasteiger partial charge in [0.15, 0.2) is 0 Å². The average molecular weight is 365 g/mol. The first-order chi connectivity index (χ1) is 13.0. The first kappa shape index (κ1) is 17.4. The van der Waals surface area contributed by atoms with Crippen LogP contribution in [-0.2, 0) is 4.74 Å². The second-order valence-corrected chi connectivity index (χ2v) is 6.74. The molecule has 7 heteroatoms. The van der Waals surface area contributed by atoms with Crippen LogP contribution < -0.4 is 10.2 Å². The number of imide groups is 1. The van der Waals surface area contributed by atoms with Gasteiger partial charge in [0.2, 0.25) is 0 Å². The Morgan fingerprint density at radius 2 is 2.04 bits per heavy atom. The number of aromatic nitrogens is 1. The standard InChI is InChI=1S/C20H19N3O4/c1-12-6-7-21-17(9-12)23-19(25)15-5-4-13(10-16(15)20(23)26)18(24)22-11-14-3-2-8-27-14/h4-7,9-10,14H,2-3,8,11H2,1H3,(H,22,24). The summed E-state index contributed by atoms with van der Waals surface area (Å²) < 4.78 is 5.49. The van der Waals surface area contributed by atoms with E-state index in [1.54, 1.807) is 24.4 Å². The second kappa shape index (κ2) is 6.92. The van der Waals surface area contributed by atoms with E-state index in [1.807, 2.05) is 6.92 Å². The van der Waals surface area contributed by atoms with Crippen LogP contribution in [-0.4, -0.2) is 42.0 Å². The Morgan fingerprint density at radius 3 is 2.78 bits per heavy atom. The second-order valence-electron chi connectivity index (χ2n) is 6.74. The van der Waals surface area contributed by atoms with E-state index >= 15 is 0 Å². The number of hydrogen-bond acceptors (Lipinski definition) is 5. The minimum atomic E-state index is -0.470. The summed E-state index contributed by atoms with van der Waals surface area (Å²) in [7, 11) is 0. The average Bonchev–Trinajstić information content (AvgIpc) is 3.27. The van der Waals surface area contributed by atoms with Crippen LogP contribution in [0.25, 0.3) is 0 Å². The molecule has 3 amide bonds. The minimum Gasteiger partial charge on any atom is -0.376 e. The number of ether oxygens (including phenoxy) is 1. The molecule has 0 spiro atoms. The highest BCUT2D eigenvalue weighted by molar-refractivity contribution is 6.34. The lowest BCUT2D eigenvalue weighted by molar-refractivity contribution is 0.0857. The van der Waals surface area contributed by atoms with E-state index in [0.717, 1.165) is 29.9 Å². The van der Waals surface area contributed by atoms with Crippen molar-refractivity contribution >= 4 is 23.5 Å². The summed E-state index contributed by atoms with van der Waals surface area (Å²) in [5.41, 5.74) is 1.73. The van der Waals surface area contributed by atoms with Gasteiger partial charge in [-0.1, -0.05) is 0 Å². The molecular weight excluding hydrogens is 346 g/mol. The Kier molecular flexibility index (Phi) is 4.45. The third kappa shape index (κ3) is 3.21. The highest BCUT2D eigenvalue weighted by atomic mass is 16.5. The fraction of sp³-hybridized carbons (Fsp3) is 0.300. The molecule has 2 aromatic rings. The Balaban J connectivity index is 1.56. The van der Waals surface area contributed by atoms with Gasteiger partial charge in [-0.2, -0.15) is 0 Å². The number of benzene rings is 1. The van der Waals surface area contributed by atoms with Gasteiger partial charge in [-0.15, -0.1) is 0 Å². The predicted octanol–water partition coefficient (Wildman–Crippen LogP) is 2.10. The first-order valence-electron chi connectivity index (χ1n) is 8.90. The van der Waals surface area contributed by atoms with Gasteiger partial charge in [0, 0.05) is 24.9 Å². The van der Waals surface area contributed by atoms with Crippen LogP contribution in [0.5, 0.6) is 0 Å². The van der Waals surface area contributed by atoms with Crippen molar-refractivity contribution in [3.05, 3.63) is 58.8 Å². The van der Waals surface area contributed by atoms with E-state index < -0.39 is 11.8 Å². The summed E-state index contributed by atoms with van der Waals surface area (Å²) in [6.45, 7) is 3.01. The largest absolute Gasteiger partial charge is 0.376 e. The summed E-state index contributed by atoms with van der Waals surface area (Å²) in [6, 6.07) is 8.01. The van der Waals surface area contributed by atoms with Crippen molar-refractivity contribution in [2.45, 2.75) is 25.9 Å². The zero-order valence-corrected chi connectivity index (χ0v) is 14.9. The quantitative estimate of drug-likeness (QED) is 0.838. The lowest BCUT2D eigenvalue weighted by atomic mass is 10.1. The molecule has 1 aromatic heterocycles. The highest BCUT2D eigenvalue weighted by Gasteiger charge is 2.38. The number of nitrogens with zero attached hydrogens (tertiary/aromatic N) is 2. The summed E-state index contributed by atoms with van der Waals surface area (Å²) in [4.78, 5) is 43.0. The molecule has 1 N–H and O–H groups in total. The van der Waals surface area contributed by atoms with Gasteiger partial charge in [0.25, 0.3) is 17.7 Å². The van der Waals surface area contributed by atoms with Crippen molar-refractivity contribution in [1.82, 2.24) is 10.3 Å². The molecule has 1 aromatic carbocycles. The van der Waals surface area contributed by atoms with E-state index in [9.17, 15) is 14.4 Å². The number of nitrogens with one attached hydrogen (secondary N) is 1. The maximum atomic E-state index is 12.8. The summed E-state index contributed by atoms with van der Waals surface area (Å²) in [5.74, 6) is -0.910. The Bertz CT molecular complexity index is 935. The molecule has 1 fully saturated rings. The molecule has 1 atom stereocenters. The van der Waals surface area contributed by atoms with Gasteiger partial charge < -0.3 is 10.1 Å². The van der Waals surface area contributed by atoms with Crippen molar-refractivity contribution < 1.29 is 19.1 Å². The molecule has 1 unspecified atom stereocenters. The SMILES string of the molecule is Cc1ccnc(N2C(=O)c3ccc(C(=O)NCC4CCCO4)cc3C2=O)c1. The summed E-state index contributed by atoms with van der Waals surface area (Å²) in [5, 5.41) is 2.82. The molecule has 138 valence electrons. The van der Waals surface area contributed by atoms with Crippen LogP contribution in [0.15, 0.2) is 36.5 Å². The topological polar surface area (TPSA) is 88.6 Å². The van der Waals surface area contributed by atoms with Crippen molar-refractivity contribution in [1.29, 1.82) is 0 Å². The van der Waals surface area contributed by atoms with Crippen LogP contribution >= 0.6 is 0 Å². The monoisotopic (exact) mass is 365 g/mol. The molecule has 1 saturated heterocycles. The van der Waals surface area contributed by atoms with Crippen LogP contribution in [0.3, 0.4) is 0 Å². The van der Waals surface area contributed by atoms with Crippen molar-refractivity contribution in [3.8, 4) is 0 Å². The van der Waals surface area contributed by atoms with E-state index in [-0.39, 0.29) is 29.0 Å². The summed E-state index contributed by atoms with van der Waals surface area (Å²) >= 11 is 0. The predicted molar refractivity (Wildman–Crippen MR) is 97.9 cm³/mol. The normalized spacial score (nSPS) is 18.7. The van der Waals surface area contributed by atoms with E-state index in [2.05, 4.69) is 10.3 Å². The van der Waals surface area contributed by atoms with Gasteiger partial charge in [-0.05, 0) is 55.7 Å². The molecule has 0 bridgehead atoms. The molecular formula is C20H19N3O4. The number of carbonyl (C=O) groups is 3. The van der Waals surface area contributed by atoms with Crippen LogP contribution in [0.2, 0.25) is 0 Å². The Labute approximate surface area is 156 Å². The zero-order valence-electron chi connectivity index (χ0n) is 14.9. The van der Waals surface area contributed by atoms with Crippen LogP contribution in [0.1, 0.15) is 49.5 Å². The minimum absolute atomic E-state index is 0.0365. The van der Waals surface area contributed by atoms with Gasteiger partial charge in [0.05, 0.1) is 17.2 Å². The third-order valence-corrected chi connectivity index (χ3v) is 4.79. The van der Waals surface area contributed by atoms with E-state index in [4.69, 9.17) is 4.74 Å². The molecule has 2 aliphatic heterocycles. The van der Waals surface area contributed by atoms with E-state index in [0.29, 0.717) is 12.1 Å². The number of carbonyl (C=O) groups excluding carboxylic acids is 3. The number of hydrogen-bond donors (Lipinski definition) is 1. The van der Waals surface area contributed by atoms with Gasteiger partial charge >= 0.3 is 0 Å². The molecule has 3 heterocycles. The Hall–Kier alpha value is -3.06. The molecule has 2 aliphatic rings. The smallest absolute Gasteiger partial charge is 0.267 e. The number of aryl methyl sites for hydroxylation is 1. The van der Waals surface area contributed by atoms with Gasteiger partial charge in [-0.25, -0.2) is 9.88 Å². The molecule has 0 radical (unpaired) electrons. The Morgan fingerprint density at radius 1 is 1.22 bits per heavy atom. The molecule has 4 rings (SSSR count). The molecule has 7 nitrogen and oxygen atoms in total. The van der Waals surface area contributed by atoms with Crippen LogP contribution in [0.4, 0.5) is 5.82 Å². The highest BCUT2D eigenvalue weighted by Crippen LogP contribution is 2.28. The van der Waals surface area contributed by atoms with E-state index in [1.165, 1.54) is 12.1 Å². The number of pyridine rings is 1. The maximum Gasteiger partial charge on any atom is 0.267 e. The summed E-state index contributed by atoms with van der Waals surface area (Å²) in [6.07, 6.45) is 3.52. The zero-order chi connectivity index (χ0) is 19.0. The van der Waals surface area contributed by atoms with Gasteiger partial charge in [0.1, 0.15) is 5.82 Å². The van der Waals surface area contributed by atoms with Crippen molar-refractivity contribution in [2.75, 3.05) is 18.1 Å². The fourth-order valence-corrected chi connectivity index (χ4v) is 3.35. The first-order valence-corrected chi connectivity index (χ1v) is 8.90.